The molecule has 3 rings (SSSR count). The van der Waals surface area contributed by atoms with Crippen LogP contribution in [0.4, 0.5) is 13.2 Å². The first-order chi connectivity index (χ1) is 10.5. The zero-order valence-electron chi connectivity index (χ0n) is 11.7. The Morgan fingerprint density at radius 2 is 1.73 bits per heavy atom. The van der Waals surface area contributed by atoms with Crippen molar-refractivity contribution in [3.63, 3.8) is 0 Å². The van der Waals surface area contributed by atoms with Crippen LogP contribution in [-0.4, -0.2) is 4.57 Å². The molecule has 0 amide bonds. The van der Waals surface area contributed by atoms with Crippen LogP contribution >= 0.6 is 0 Å². The van der Waals surface area contributed by atoms with E-state index in [-0.39, 0.29) is 11.1 Å². The molecule has 1 heterocycles. The maximum Gasteiger partial charge on any atom is 0.266 e. The molecular formula is C17H12F3NO. The van der Waals surface area contributed by atoms with E-state index in [0.29, 0.717) is 17.5 Å². The molecule has 0 fully saturated rings. The van der Waals surface area contributed by atoms with Gasteiger partial charge in [0, 0.05) is 11.8 Å². The Balaban J connectivity index is 2.42. The fourth-order valence-electron chi connectivity index (χ4n) is 2.54. The Labute approximate surface area is 124 Å². The predicted molar refractivity (Wildman–Crippen MR) is 78.8 cm³/mol. The number of nitrogens with zero attached hydrogens (tertiary/aromatic N) is 1. The number of benzene rings is 2. The minimum Gasteiger partial charge on any atom is -0.281 e. The highest BCUT2D eigenvalue weighted by atomic mass is 19.2. The number of halogens is 3. The molecule has 0 atom stereocenters. The van der Waals surface area contributed by atoms with Crippen molar-refractivity contribution in [2.24, 2.45) is 0 Å². The summed E-state index contributed by atoms with van der Waals surface area (Å²) in [5, 5.41) is 0.421. The zero-order valence-corrected chi connectivity index (χ0v) is 11.7. The second kappa shape index (κ2) is 5.33. The Morgan fingerprint density at radius 1 is 0.955 bits per heavy atom. The highest BCUT2D eigenvalue weighted by Gasteiger charge is 2.14. The van der Waals surface area contributed by atoms with E-state index < -0.39 is 23.0 Å². The standard InChI is InChI=1S/C17H12F3NO/c1-2-11-8-10-4-3-5-14(19)16(10)17(22)21(11)12-6-7-13(18)15(20)9-12/h3-9H,2H2,1H3. The summed E-state index contributed by atoms with van der Waals surface area (Å²) in [4.78, 5) is 12.6. The third-order valence-electron chi connectivity index (χ3n) is 3.60. The van der Waals surface area contributed by atoms with Gasteiger partial charge in [0.1, 0.15) is 5.82 Å². The highest BCUT2D eigenvalue weighted by Crippen LogP contribution is 2.20. The molecular weight excluding hydrogens is 291 g/mol. The summed E-state index contributed by atoms with van der Waals surface area (Å²) in [5.74, 6) is -2.69. The molecule has 5 heteroatoms. The lowest BCUT2D eigenvalue weighted by Crippen LogP contribution is -2.23. The zero-order chi connectivity index (χ0) is 15.9. The molecule has 0 aliphatic heterocycles. The summed E-state index contributed by atoms with van der Waals surface area (Å²) in [6.45, 7) is 1.83. The van der Waals surface area contributed by atoms with Crippen LogP contribution in [-0.2, 0) is 6.42 Å². The largest absolute Gasteiger partial charge is 0.281 e. The summed E-state index contributed by atoms with van der Waals surface area (Å²) >= 11 is 0. The molecule has 0 saturated carbocycles. The lowest BCUT2D eigenvalue weighted by atomic mass is 10.1. The maximum atomic E-state index is 14.0. The van der Waals surface area contributed by atoms with Gasteiger partial charge in [0.15, 0.2) is 11.6 Å². The lowest BCUT2D eigenvalue weighted by Gasteiger charge is -2.14. The monoisotopic (exact) mass is 303 g/mol. The van der Waals surface area contributed by atoms with Crippen molar-refractivity contribution in [3.8, 4) is 5.69 Å². The molecule has 0 aliphatic rings. The van der Waals surface area contributed by atoms with Gasteiger partial charge in [-0.2, -0.15) is 0 Å². The van der Waals surface area contributed by atoms with Crippen LogP contribution in [0.5, 0.6) is 0 Å². The Bertz CT molecular complexity index is 931. The first-order valence-electron chi connectivity index (χ1n) is 6.81. The smallest absolute Gasteiger partial charge is 0.266 e. The van der Waals surface area contributed by atoms with Crippen molar-refractivity contribution >= 4 is 10.8 Å². The van der Waals surface area contributed by atoms with E-state index >= 15 is 0 Å². The van der Waals surface area contributed by atoms with Crippen molar-refractivity contribution in [2.75, 3.05) is 0 Å². The van der Waals surface area contributed by atoms with E-state index in [1.807, 2.05) is 6.92 Å². The van der Waals surface area contributed by atoms with Crippen molar-refractivity contribution in [3.05, 3.63) is 76.0 Å². The quantitative estimate of drug-likeness (QED) is 0.702. The molecule has 112 valence electrons. The van der Waals surface area contributed by atoms with Gasteiger partial charge in [-0.25, -0.2) is 13.2 Å². The summed E-state index contributed by atoms with van der Waals surface area (Å²) in [7, 11) is 0. The molecule has 0 N–H and O–H groups in total. The van der Waals surface area contributed by atoms with Crippen molar-refractivity contribution in [1.29, 1.82) is 0 Å². The van der Waals surface area contributed by atoms with E-state index in [9.17, 15) is 18.0 Å². The van der Waals surface area contributed by atoms with Gasteiger partial charge in [-0.15, -0.1) is 0 Å². The molecule has 2 aromatic carbocycles. The van der Waals surface area contributed by atoms with Gasteiger partial charge in [0.25, 0.3) is 5.56 Å². The highest BCUT2D eigenvalue weighted by molar-refractivity contribution is 5.83. The van der Waals surface area contributed by atoms with E-state index in [2.05, 4.69) is 0 Å². The van der Waals surface area contributed by atoms with E-state index in [0.717, 1.165) is 12.1 Å². The molecule has 2 nitrogen and oxygen atoms in total. The third kappa shape index (κ3) is 2.19. The molecule has 0 radical (unpaired) electrons. The van der Waals surface area contributed by atoms with Crippen LogP contribution in [0.1, 0.15) is 12.6 Å². The molecule has 0 saturated heterocycles. The number of pyridine rings is 1. The van der Waals surface area contributed by atoms with Crippen LogP contribution in [0.3, 0.4) is 0 Å². The van der Waals surface area contributed by atoms with Crippen LogP contribution in [0.25, 0.3) is 16.5 Å². The first-order valence-corrected chi connectivity index (χ1v) is 6.81. The average molecular weight is 303 g/mol. The van der Waals surface area contributed by atoms with Crippen LogP contribution in [0.15, 0.2) is 47.3 Å². The number of aryl methyl sites for hydroxylation is 1. The molecule has 0 bridgehead atoms. The van der Waals surface area contributed by atoms with Gasteiger partial charge < -0.3 is 0 Å². The van der Waals surface area contributed by atoms with Gasteiger partial charge in [-0.05, 0) is 36.1 Å². The minimum atomic E-state index is -1.06. The third-order valence-corrected chi connectivity index (χ3v) is 3.60. The Hall–Kier alpha value is -2.56. The second-order valence-corrected chi connectivity index (χ2v) is 4.93. The van der Waals surface area contributed by atoms with Crippen LogP contribution in [0.2, 0.25) is 0 Å². The van der Waals surface area contributed by atoms with Crippen LogP contribution < -0.4 is 5.56 Å². The molecule has 0 spiro atoms. The maximum absolute atomic E-state index is 14.0. The topological polar surface area (TPSA) is 22.0 Å². The number of aromatic nitrogens is 1. The van der Waals surface area contributed by atoms with E-state index in [1.165, 1.54) is 22.8 Å². The van der Waals surface area contributed by atoms with Gasteiger partial charge in [-0.1, -0.05) is 19.1 Å². The molecule has 3 aromatic rings. The summed E-state index contributed by atoms with van der Waals surface area (Å²) in [6, 6.07) is 9.23. The van der Waals surface area contributed by atoms with Crippen LogP contribution in [0, 0.1) is 17.5 Å². The second-order valence-electron chi connectivity index (χ2n) is 4.93. The summed E-state index contributed by atoms with van der Waals surface area (Å²) in [5.41, 5.74) is 0.179. The number of rotatable bonds is 2. The minimum absolute atomic E-state index is 0.0653. The van der Waals surface area contributed by atoms with E-state index in [1.54, 1.807) is 12.1 Å². The number of hydrogen-bond donors (Lipinski definition) is 0. The SMILES string of the molecule is CCc1cc2cccc(F)c2c(=O)n1-c1ccc(F)c(F)c1. The van der Waals surface area contributed by atoms with Crippen molar-refractivity contribution in [2.45, 2.75) is 13.3 Å². The normalized spacial score (nSPS) is 11.1. The Morgan fingerprint density at radius 3 is 2.41 bits per heavy atom. The molecule has 0 aliphatic carbocycles. The number of hydrogen-bond acceptors (Lipinski definition) is 1. The van der Waals surface area contributed by atoms with Gasteiger partial charge in [-0.3, -0.25) is 9.36 Å². The molecule has 0 unspecified atom stereocenters. The predicted octanol–water partition coefficient (Wildman–Crippen LogP) is 3.97. The summed E-state index contributed by atoms with van der Waals surface area (Å²) in [6.07, 6.45) is 0.487. The average Bonchev–Trinajstić information content (AvgIpc) is 2.50. The van der Waals surface area contributed by atoms with E-state index in [4.69, 9.17) is 0 Å². The first kappa shape index (κ1) is 14.4. The fourth-order valence-corrected chi connectivity index (χ4v) is 2.54. The van der Waals surface area contributed by atoms with Gasteiger partial charge >= 0.3 is 0 Å². The molecule has 22 heavy (non-hydrogen) atoms. The van der Waals surface area contributed by atoms with Gasteiger partial charge in [0.05, 0.1) is 11.1 Å². The lowest BCUT2D eigenvalue weighted by molar-refractivity contribution is 0.507. The van der Waals surface area contributed by atoms with Crippen molar-refractivity contribution in [1.82, 2.24) is 4.57 Å². The van der Waals surface area contributed by atoms with Crippen molar-refractivity contribution < 1.29 is 13.2 Å². The summed E-state index contributed by atoms with van der Waals surface area (Å²) < 4.78 is 41.7. The fraction of sp³-hybridized carbons (Fsp3) is 0.118. The Kier molecular flexibility index (Phi) is 3.48. The number of fused-ring (bicyclic) bond motifs is 1. The van der Waals surface area contributed by atoms with Gasteiger partial charge in [0.2, 0.25) is 0 Å². The molecule has 1 aromatic heterocycles.